The fourth-order valence-corrected chi connectivity index (χ4v) is 3.94. The topological polar surface area (TPSA) is 77.4 Å². The van der Waals surface area contributed by atoms with Crippen molar-refractivity contribution in [1.82, 2.24) is 20.4 Å². The van der Waals surface area contributed by atoms with Crippen LogP contribution >= 0.6 is 11.6 Å². The summed E-state index contributed by atoms with van der Waals surface area (Å²) in [6.07, 6.45) is 5.78. The van der Waals surface area contributed by atoms with E-state index < -0.39 is 5.54 Å². The van der Waals surface area contributed by atoms with E-state index in [4.69, 9.17) is 21.1 Å². The fourth-order valence-electron chi connectivity index (χ4n) is 3.66. The zero-order valence-corrected chi connectivity index (χ0v) is 15.8. The number of hydrogen-bond donors (Lipinski definition) is 2. The number of carbonyl (C=O) groups is 1. The van der Waals surface area contributed by atoms with E-state index in [2.05, 4.69) is 15.7 Å². The Morgan fingerprint density at radius 3 is 2.89 bits per heavy atom. The number of hydrogen-bond acceptors (Lipinski definition) is 5. The lowest BCUT2D eigenvalue weighted by molar-refractivity contribution is -0.132. The highest BCUT2D eigenvalue weighted by Crippen LogP contribution is 2.38. The predicted octanol–water partition coefficient (Wildman–Crippen LogP) is 2.09. The van der Waals surface area contributed by atoms with E-state index in [0.29, 0.717) is 49.1 Å². The maximum atomic E-state index is 13.1. The van der Waals surface area contributed by atoms with Crippen molar-refractivity contribution in [1.29, 1.82) is 0 Å². The van der Waals surface area contributed by atoms with Gasteiger partial charge in [-0.1, -0.05) is 11.6 Å². The van der Waals surface area contributed by atoms with Gasteiger partial charge in [-0.05, 0) is 49.7 Å². The van der Waals surface area contributed by atoms with Crippen molar-refractivity contribution in [2.75, 3.05) is 26.3 Å². The Balaban J connectivity index is 1.51. The third-order valence-electron chi connectivity index (χ3n) is 5.11. The first-order chi connectivity index (χ1) is 13.2. The minimum Gasteiger partial charge on any atom is -0.489 e. The van der Waals surface area contributed by atoms with Gasteiger partial charge < -0.3 is 20.1 Å². The normalized spacial score (nSPS) is 18.6. The van der Waals surface area contributed by atoms with Crippen LogP contribution in [0.3, 0.4) is 0 Å². The lowest BCUT2D eigenvalue weighted by Gasteiger charge is -2.36. The molecule has 2 N–H and O–H groups in total. The molecule has 144 valence electrons. The Kier molecular flexibility index (Phi) is 5.22. The predicted molar refractivity (Wildman–Crippen MR) is 101 cm³/mol. The molecule has 1 amide bonds. The Hall–Kier alpha value is -2.25. The smallest absolute Gasteiger partial charge is 0.248 e. The summed E-state index contributed by atoms with van der Waals surface area (Å²) in [6.45, 7) is 3.11. The number of halogens is 1. The average molecular weight is 391 g/mol. The maximum Gasteiger partial charge on any atom is 0.248 e. The van der Waals surface area contributed by atoms with Gasteiger partial charge >= 0.3 is 0 Å². The van der Waals surface area contributed by atoms with Crippen LogP contribution in [0.2, 0.25) is 5.02 Å². The molecule has 0 bridgehead atoms. The molecule has 8 heteroatoms. The number of nitrogens with zero attached hydrogens (tertiary/aromatic N) is 2. The van der Waals surface area contributed by atoms with Gasteiger partial charge in [0, 0.05) is 25.4 Å². The molecule has 27 heavy (non-hydrogen) atoms. The molecule has 1 fully saturated rings. The van der Waals surface area contributed by atoms with Gasteiger partial charge in [-0.15, -0.1) is 0 Å². The number of rotatable bonds is 4. The second-order valence-corrected chi connectivity index (χ2v) is 7.28. The van der Waals surface area contributed by atoms with Crippen LogP contribution in [0.1, 0.15) is 24.8 Å². The Bertz CT molecular complexity index is 804. The molecule has 2 aliphatic rings. The zero-order chi connectivity index (χ0) is 18.7. The zero-order valence-electron chi connectivity index (χ0n) is 15.0. The molecule has 0 saturated carbocycles. The number of piperidine rings is 1. The molecule has 0 unspecified atom stereocenters. The molecule has 0 atom stereocenters. The van der Waals surface area contributed by atoms with Gasteiger partial charge in [-0.25, -0.2) is 0 Å². The lowest BCUT2D eigenvalue weighted by atomic mass is 9.87. The van der Waals surface area contributed by atoms with Crippen LogP contribution in [0, 0.1) is 0 Å². The molecular formula is C19H23ClN4O3. The van der Waals surface area contributed by atoms with Crippen LogP contribution in [0.5, 0.6) is 11.5 Å². The molecule has 1 aromatic carbocycles. The summed E-state index contributed by atoms with van der Waals surface area (Å²) in [4.78, 5) is 13.1. The van der Waals surface area contributed by atoms with Gasteiger partial charge in [0.25, 0.3) is 0 Å². The third kappa shape index (κ3) is 3.61. The molecule has 7 nitrogen and oxygen atoms in total. The minimum absolute atomic E-state index is 0.0315. The summed E-state index contributed by atoms with van der Waals surface area (Å²) in [5, 5.41) is 11.2. The van der Waals surface area contributed by atoms with Crippen molar-refractivity contribution in [3.05, 3.63) is 41.2 Å². The van der Waals surface area contributed by atoms with Gasteiger partial charge in [0.2, 0.25) is 5.91 Å². The average Bonchev–Trinajstić information content (AvgIpc) is 3.13. The largest absolute Gasteiger partial charge is 0.489 e. The molecule has 0 radical (unpaired) electrons. The summed E-state index contributed by atoms with van der Waals surface area (Å²) in [7, 11) is 0. The van der Waals surface area contributed by atoms with Gasteiger partial charge in [0.1, 0.15) is 5.54 Å². The first-order valence-corrected chi connectivity index (χ1v) is 9.64. The SMILES string of the molecule is O=C(NCc1cc(Cl)c2c(c1)OCCCO2)C1(n2cccn2)CCNCC1. The molecule has 2 aromatic rings. The van der Waals surface area contributed by atoms with Crippen LogP contribution in [-0.4, -0.2) is 42.0 Å². The number of fused-ring (bicyclic) bond motifs is 1. The molecule has 1 aromatic heterocycles. The van der Waals surface area contributed by atoms with Crippen molar-refractivity contribution in [3.8, 4) is 11.5 Å². The third-order valence-corrected chi connectivity index (χ3v) is 5.39. The number of carbonyl (C=O) groups excluding carboxylic acids is 1. The van der Waals surface area contributed by atoms with Gasteiger partial charge in [-0.3, -0.25) is 9.48 Å². The van der Waals surface area contributed by atoms with Crippen LogP contribution in [0.4, 0.5) is 0 Å². The monoisotopic (exact) mass is 390 g/mol. The Morgan fingerprint density at radius 2 is 2.11 bits per heavy atom. The molecule has 1 saturated heterocycles. The maximum absolute atomic E-state index is 13.1. The van der Waals surface area contributed by atoms with Crippen molar-refractivity contribution in [3.63, 3.8) is 0 Å². The van der Waals surface area contributed by atoms with E-state index in [-0.39, 0.29) is 5.91 Å². The van der Waals surface area contributed by atoms with Crippen LogP contribution in [0.25, 0.3) is 0 Å². The van der Waals surface area contributed by atoms with E-state index in [1.807, 2.05) is 24.4 Å². The highest BCUT2D eigenvalue weighted by molar-refractivity contribution is 6.32. The van der Waals surface area contributed by atoms with E-state index in [9.17, 15) is 4.79 Å². The van der Waals surface area contributed by atoms with Crippen LogP contribution in [-0.2, 0) is 16.9 Å². The molecule has 0 spiro atoms. The van der Waals surface area contributed by atoms with E-state index in [1.54, 1.807) is 10.9 Å². The standard InChI is InChI=1S/C19H23ClN4O3/c20-15-11-14(12-16-17(15)27-10-2-9-26-16)13-22-18(25)19(3-6-21-7-4-19)24-8-1-5-23-24/h1,5,8,11-12,21H,2-4,6-7,9-10,13H2,(H,22,25). The summed E-state index contributed by atoms with van der Waals surface area (Å²) in [5.74, 6) is 1.18. The Morgan fingerprint density at radius 1 is 1.30 bits per heavy atom. The highest BCUT2D eigenvalue weighted by Gasteiger charge is 2.41. The van der Waals surface area contributed by atoms with Crippen molar-refractivity contribution in [2.24, 2.45) is 0 Å². The second-order valence-electron chi connectivity index (χ2n) is 6.87. The first kappa shape index (κ1) is 18.1. The molecular weight excluding hydrogens is 368 g/mol. The van der Waals surface area contributed by atoms with Gasteiger partial charge in [0.15, 0.2) is 11.5 Å². The minimum atomic E-state index is -0.663. The van der Waals surface area contributed by atoms with Crippen molar-refractivity contribution < 1.29 is 14.3 Å². The molecule has 3 heterocycles. The van der Waals surface area contributed by atoms with E-state index in [1.165, 1.54) is 0 Å². The lowest BCUT2D eigenvalue weighted by Crippen LogP contribution is -2.54. The van der Waals surface area contributed by atoms with Crippen molar-refractivity contribution in [2.45, 2.75) is 31.3 Å². The first-order valence-electron chi connectivity index (χ1n) is 9.26. The summed E-state index contributed by atoms with van der Waals surface area (Å²) in [5.41, 5.74) is 0.214. The van der Waals surface area contributed by atoms with Gasteiger partial charge in [-0.2, -0.15) is 5.10 Å². The molecule has 2 aliphatic heterocycles. The van der Waals surface area contributed by atoms with E-state index >= 15 is 0 Å². The quantitative estimate of drug-likeness (QED) is 0.835. The Labute approximate surface area is 163 Å². The second kappa shape index (κ2) is 7.78. The number of ether oxygens (including phenoxy) is 2. The molecule has 4 rings (SSSR count). The van der Waals surface area contributed by atoms with Crippen molar-refractivity contribution >= 4 is 17.5 Å². The van der Waals surface area contributed by atoms with Crippen LogP contribution < -0.4 is 20.1 Å². The summed E-state index contributed by atoms with van der Waals surface area (Å²) < 4.78 is 13.2. The summed E-state index contributed by atoms with van der Waals surface area (Å²) >= 11 is 6.35. The highest BCUT2D eigenvalue weighted by atomic mass is 35.5. The van der Waals surface area contributed by atoms with E-state index in [0.717, 1.165) is 25.1 Å². The number of benzene rings is 1. The number of aromatic nitrogens is 2. The van der Waals surface area contributed by atoms with Crippen LogP contribution in [0.15, 0.2) is 30.6 Å². The molecule has 0 aliphatic carbocycles. The number of amides is 1. The summed E-state index contributed by atoms with van der Waals surface area (Å²) in [6, 6.07) is 5.55. The number of nitrogens with one attached hydrogen (secondary N) is 2. The fraction of sp³-hybridized carbons (Fsp3) is 0.474. The van der Waals surface area contributed by atoms with Gasteiger partial charge in [0.05, 0.1) is 18.2 Å².